The Kier molecular flexibility index (Phi) is 5.38. The van der Waals surface area contributed by atoms with E-state index in [0.717, 1.165) is 27.8 Å². The topological polar surface area (TPSA) is 75.3 Å². The van der Waals surface area contributed by atoms with E-state index in [9.17, 15) is 12.8 Å². The molecule has 0 fully saturated rings. The minimum atomic E-state index is -3.19. The SMILES string of the molecule is CC(C)Oc1ccc(-c2ccnc3[nH]c(C4=CCN(S(C)(=O)=O)CC4)cc23)cc1F. The summed E-state index contributed by atoms with van der Waals surface area (Å²) >= 11 is 0. The number of nitrogens with zero attached hydrogens (tertiary/aromatic N) is 2. The average molecular weight is 430 g/mol. The van der Waals surface area contributed by atoms with Crippen LogP contribution in [0.4, 0.5) is 4.39 Å². The Hall–Kier alpha value is -2.71. The molecule has 30 heavy (non-hydrogen) atoms. The van der Waals surface area contributed by atoms with Crippen molar-refractivity contribution >= 4 is 26.6 Å². The van der Waals surface area contributed by atoms with Gasteiger partial charge in [0.15, 0.2) is 11.6 Å². The number of aromatic nitrogens is 2. The molecule has 0 spiro atoms. The molecule has 1 N–H and O–H groups in total. The highest BCUT2D eigenvalue weighted by Crippen LogP contribution is 2.33. The minimum absolute atomic E-state index is 0.104. The van der Waals surface area contributed by atoms with Gasteiger partial charge in [-0.2, -0.15) is 4.31 Å². The van der Waals surface area contributed by atoms with Crippen LogP contribution in [-0.4, -0.2) is 48.1 Å². The summed E-state index contributed by atoms with van der Waals surface area (Å²) in [4.78, 5) is 7.72. The van der Waals surface area contributed by atoms with Crippen LogP contribution in [0.3, 0.4) is 0 Å². The zero-order valence-corrected chi connectivity index (χ0v) is 18.0. The van der Waals surface area contributed by atoms with E-state index in [1.54, 1.807) is 12.3 Å². The van der Waals surface area contributed by atoms with Crippen molar-refractivity contribution in [1.29, 1.82) is 0 Å². The van der Waals surface area contributed by atoms with Gasteiger partial charge in [0.05, 0.1) is 12.4 Å². The Balaban J connectivity index is 1.68. The Morgan fingerprint density at radius 2 is 2.03 bits per heavy atom. The third kappa shape index (κ3) is 4.11. The van der Waals surface area contributed by atoms with Crippen molar-refractivity contribution < 1.29 is 17.5 Å². The van der Waals surface area contributed by atoms with Crippen LogP contribution >= 0.6 is 0 Å². The van der Waals surface area contributed by atoms with Gasteiger partial charge in [0.25, 0.3) is 0 Å². The van der Waals surface area contributed by atoms with Crippen LogP contribution in [0.15, 0.2) is 42.6 Å². The van der Waals surface area contributed by atoms with Gasteiger partial charge in [-0.25, -0.2) is 17.8 Å². The van der Waals surface area contributed by atoms with Gasteiger partial charge in [0.2, 0.25) is 10.0 Å². The summed E-state index contributed by atoms with van der Waals surface area (Å²) in [7, 11) is -3.19. The maximum absolute atomic E-state index is 14.5. The van der Waals surface area contributed by atoms with Gasteiger partial charge in [-0.3, -0.25) is 0 Å². The van der Waals surface area contributed by atoms with E-state index in [2.05, 4.69) is 9.97 Å². The molecule has 0 saturated carbocycles. The molecule has 6 nitrogen and oxygen atoms in total. The normalized spacial score (nSPS) is 15.6. The van der Waals surface area contributed by atoms with E-state index in [1.807, 2.05) is 38.1 Å². The molecule has 0 atom stereocenters. The van der Waals surface area contributed by atoms with Crippen molar-refractivity contribution in [3.8, 4) is 16.9 Å². The Labute approximate surface area is 175 Å². The molecule has 3 aromatic rings. The van der Waals surface area contributed by atoms with Crippen molar-refractivity contribution in [2.24, 2.45) is 0 Å². The van der Waals surface area contributed by atoms with E-state index in [-0.39, 0.29) is 11.9 Å². The number of ether oxygens (including phenoxy) is 1. The number of benzene rings is 1. The number of pyridine rings is 1. The zero-order chi connectivity index (χ0) is 21.5. The van der Waals surface area contributed by atoms with Crippen LogP contribution in [0.25, 0.3) is 27.7 Å². The maximum atomic E-state index is 14.5. The average Bonchev–Trinajstić information content (AvgIpc) is 3.13. The molecule has 0 saturated heterocycles. The first-order valence-electron chi connectivity index (χ1n) is 9.81. The van der Waals surface area contributed by atoms with Gasteiger partial charge in [0, 0.05) is 30.4 Å². The molecule has 2 aromatic heterocycles. The fraction of sp³-hybridized carbons (Fsp3) is 0.318. The molecule has 1 aliphatic heterocycles. The minimum Gasteiger partial charge on any atom is -0.488 e. The third-order valence-electron chi connectivity index (χ3n) is 5.12. The number of aromatic amines is 1. The summed E-state index contributed by atoms with van der Waals surface area (Å²) < 4.78 is 44.9. The van der Waals surface area contributed by atoms with Gasteiger partial charge >= 0.3 is 0 Å². The molecule has 1 aromatic carbocycles. The number of fused-ring (bicyclic) bond motifs is 1. The van der Waals surface area contributed by atoms with Crippen LogP contribution in [-0.2, 0) is 10.0 Å². The molecule has 8 heteroatoms. The first kappa shape index (κ1) is 20.6. The predicted molar refractivity (Wildman–Crippen MR) is 116 cm³/mol. The highest BCUT2D eigenvalue weighted by Gasteiger charge is 2.21. The number of hydrogen-bond donors (Lipinski definition) is 1. The van der Waals surface area contributed by atoms with Crippen LogP contribution in [0.2, 0.25) is 0 Å². The lowest BCUT2D eigenvalue weighted by molar-refractivity contribution is 0.231. The second-order valence-electron chi connectivity index (χ2n) is 7.72. The fourth-order valence-electron chi connectivity index (χ4n) is 3.67. The van der Waals surface area contributed by atoms with E-state index in [4.69, 9.17) is 4.74 Å². The Morgan fingerprint density at radius 3 is 2.67 bits per heavy atom. The standard InChI is InChI=1S/C22H24FN3O3S/c1-14(2)29-21-5-4-16(12-19(21)23)17-6-9-24-22-18(17)13-20(25-22)15-7-10-26(11-8-15)30(3,27)28/h4-7,9,12-14H,8,10-11H2,1-3H3,(H,24,25). The molecule has 0 unspecified atom stereocenters. The van der Waals surface area contributed by atoms with Crippen molar-refractivity contribution in [1.82, 2.24) is 14.3 Å². The summed E-state index contributed by atoms with van der Waals surface area (Å²) in [6, 6.07) is 8.82. The zero-order valence-electron chi connectivity index (χ0n) is 17.1. The molecule has 0 amide bonds. The molecule has 0 bridgehead atoms. The first-order chi connectivity index (χ1) is 14.2. The van der Waals surface area contributed by atoms with Crippen LogP contribution < -0.4 is 4.74 Å². The second kappa shape index (κ2) is 7.85. The van der Waals surface area contributed by atoms with Gasteiger partial charge in [-0.05, 0) is 61.2 Å². The highest BCUT2D eigenvalue weighted by molar-refractivity contribution is 7.88. The predicted octanol–water partition coefficient (Wildman–Crippen LogP) is 4.20. The lowest BCUT2D eigenvalue weighted by atomic mass is 10.0. The summed E-state index contributed by atoms with van der Waals surface area (Å²) in [5.74, 6) is -0.172. The number of H-pyrrole nitrogens is 1. The van der Waals surface area contributed by atoms with Gasteiger partial charge in [-0.1, -0.05) is 12.1 Å². The summed E-state index contributed by atoms with van der Waals surface area (Å²) in [6.45, 7) is 4.52. The number of rotatable bonds is 5. The van der Waals surface area contributed by atoms with Gasteiger partial charge in [-0.15, -0.1) is 0 Å². The van der Waals surface area contributed by atoms with Gasteiger partial charge < -0.3 is 9.72 Å². The third-order valence-corrected chi connectivity index (χ3v) is 6.39. The van der Waals surface area contributed by atoms with Crippen LogP contribution in [0.5, 0.6) is 5.75 Å². The largest absolute Gasteiger partial charge is 0.488 e. The molecule has 3 heterocycles. The molecule has 0 radical (unpaired) electrons. The molecule has 158 valence electrons. The summed E-state index contributed by atoms with van der Waals surface area (Å²) in [5.41, 5.74) is 4.26. The molecular formula is C22H24FN3O3S. The monoisotopic (exact) mass is 429 g/mol. The summed E-state index contributed by atoms with van der Waals surface area (Å²) in [6.07, 6.45) is 5.35. The lowest BCUT2D eigenvalue weighted by Crippen LogP contribution is -2.33. The van der Waals surface area contributed by atoms with Crippen LogP contribution in [0, 0.1) is 5.82 Å². The van der Waals surface area contributed by atoms with E-state index in [0.29, 0.717) is 25.2 Å². The number of nitrogens with one attached hydrogen (secondary N) is 1. The summed E-state index contributed by atoms with van der Waals surface area (Å²) in [5, 5.41) is 0.885. The number of halogens is 1. The smallest absolute Gasteiger partial charge is 0.211 e. The van der Waals surface area contributed by atoms with Crippen molar-refractivity contribution in [3.05, 3.63) is 54.1 Å². The quantitative estimate of drug-likeness (QED) is 0.659. The Morgan fingerprint density at radius 1 is 1.23 bits per heavy atom. The van der Waals surface area contributed by atoms with Crippen molar-refractivity contribution in [2.45, 2.75) is 26.4 Å². The maximum Gasteiger partial charge on any atom is 0.211 e. The number of hydrogen-bond acceptors (Lipinski definition) is 4. The van der Waals surface area contributed by atoms with Gasteiger partial charge in [0.1, 0.15) is 5.65 Å². The molecule has 1 aliphatic rings. The van der Waals surface area contributed by atoms with E-state index >= 15 is 0 Å². The molecular weight excluding hydrogens is 405 g/mol. The molecule has 4 rings (SSSR count). The highest BCUT2D eigenvalue weighted by atomic mass is 32.2. The van der Waals surface area contributed by atoms with E-state index < -0.39 is 15.8 Å². The number of sulfonamides is 1. The molecule has 0 aliphatic carbocycles. The van der Waals surface area contributed by atoms with Crippen LogP contribution in [0.1, 0.15) is 26.0 Å². The van der Waals surface area contributed by atoms with Crippen molar-refractivity contribution in [3.63, 3.8) is 0 Å². The lowest BCUT2D eigenvalue weighted by Gasteiger charge is -2.23. The van der Waals surface area contributed by atoms with Crippen molar-refractivity contribution in [2.75, 3.05) is 19.3 Å². The van der Waals surface area contributed by atoms with E-state index in [1.165, 1.54) is 16.6 Å². The fourth-order valence-corrected chi connectivity index (χ4v) is 4.43. The first-order valence-corrected chi connectivity index (χ1v) is 11.7. The second-order valence-corrected chi connectivity index (χ2v) is 9.70. The Bertz CT molecular complexity index is 1230.